The van der Waals surface area contributed by atoms with Crippen molar-refractivity contribution in [3.8, 4) is 5.75 Å². The van der Waals surface area contributed by atoms with Gasteiger partial charge in [0.1, 0.15) is 6.33 Å². The van der Waals surface area contributed by atoms with Gasteiger partial charge in [-0.1, -0.05) is 13.3 Å². The minimum Gasteiger partial charge on any atom is -0.490 e. The Morgan fingerprint density at radius 2 is 1.94 bits per heavy atom. The van der Waals surface area contributed by atoms with Gasteiger partial charge in [-0.3, -0.25) is 0 Å². The minimum absolute atomic E-state index is 0.411. The van der Waals surface area contributed by atoms with Crippen molar-refractivity contribution in [2.75, 3.05) is 30.8 Å². The van der Waals surface area contributed by atoms with E-state index in [0.29, 0.717) is 11.2 Å². The number of nitrogens with zero attached hydrogens (tertiary/aromatic N) is 2. The lowest BCUT2D eigenvalue weighted by Gasteiger charge is -2.38. The zero-order valence-corrected chi connectivity index (χ0v) is 11.4. The highest BCUT2D eigenvalue weighted by molar-refractivity contribution is 5.63. The molecule has 0 aromatic carbocycles. The van der Waals surface area contributed by atoms with E-state index in [0.717, 1.165) is 24.7 Å². The fraction of sp³-hybridized carbons (Fsp3) is 0.692. The zero-order chi connectivity index (χ0) is 13.0. The summed E-state index contributed by atoms with van der Waals surface area (Å²) in [5, 5.41) is 6.57. The van der Waals surface area contributed by atoms with Gasteiger partial charge < -0.3 is 15.4 Å². The zero-order valence-electron chi connectivity index (χ0n) is 11.4. The Kier molecular flexibility index (Phi) is 3.89. The van der Waals surface area contributed by atoms with Gasteiger partial charge in [0.25, 0.3) is 0 Å². The van der Waals surface area contributed by atoms with Crippen LogP contribution in [0.2, 0.25) is 0 Å². The van der Waals surface area contributed by atoms with Crippen LogP contribution in [0.3, 0.4) is 0 Å². The molecule has 1 aromatic rings. The summed E-state index contributed by atoms with van der Waals surface area (Å²) in [4.78, 5) is 8.46. The molecule has 0 aliphatic heterocycles. The quantitative estimate of drug-likeness (QED) is 0.812. The number of ether oxygens (including phenoxy) is 1. The van der Waals surface area contributed by atoms with Gasteiger partial charge in [0.05, 0.1) is 7.11 Å². The van der Waals surface area contributed by atoms with Crippen LogP contribution >= 0.6 is 0 Å². The van der Waals surface area contributed by atoms with Gasteiger partial charge in [0.15, 0.2) is 11.6 Å². The number of aromatic nitrogens is 2. The van der Waals surface area contributed by atoms with Gasteiger partial charge in [-0.05, 0) is 25.2 Å². The van der Waals surface area contributed by atoms with Crippen LogP contribution in [0.15, 0.2) is 6.33 Å². The lowest BCUT2D eigenvalue weighted by molar-refractivity contribution is 0.179. The molecule has 0 saturated heterocycles. The molecule has 1 saturated carbocycles. The third kappa shape index (κ3) is 2.66. The lowest BCUT2D eigenvalue weighted by Crippen LogP contribution is -2.33. The summed E-state index contributed by atoms with van der Waals surface area (Å²) in [6.45, 7) is 6.09. The lowest BCUT2D eigenvalue weighted by atomic mass is 9.70. The van der Waals surface area contributed by atoms with Crippen molar-refractivity contribution in [3.63, 3.8) is 0 Å². The van der Waals surface area contributed by atoms with Crippen LogP contribution in [0, 0.1) is 5.41 Å². The molecule has 100 valence electrons. The Morgan fingerprint density at radius 1 is 1.28 bits per heavy atom. The van der Waals surface area contributed by atoms with Crippen LogP contribution in [0.25, 0.3) is 0 Å². The molecule has 1 aliphatic rings. The Morgan fingerprint density at radius 3 is 2.44 bits per heavy atom. The summed E-state index contributed by atoms with van der Waals surface area (Å²) >= 11 is 0. The van der Waals surface area contributed by atoms with E-state index >= 15 is 0 Å². The van der Waals surface area contributed by atoms with Gasteiger partial charge in [-0.15, -0.1) is 0 Å². The van der Waals surface area contributed by atoms with E-state index in [4.69, 9.17) is 4.74 Å². The van der Waals surface area contributed by atoms with E-state index < -0.39 is 0 Å². The number of hydrogen-bond acceptors (Lipinski definition) is 5. The second kappa shape index (κ2) is 5.42. The van der Waals surface area contributed by atoms with Gasteiger partial charge in [-0.25, -0.2) is 9.97 Å². The predicted molar refractivity (Wildman–Crippen MR) is 73.2 cm³/mol. The standard InChI is InChI=1S/C13H22N4O/c1-4-14-11-10(18-3)12(17-9-16-11)15-8-13(2)6-5-7-13/h9H,4-8H2,1-3H3,(H2,14,15,16,17). The molecule has 2 rings (SSSR count). The third-order valence-electron chi connectivity index (χ3n) is 3.60. The van der Waals surface area contributed by atoms with Crippen LogP contribution < -0.4 is 15.4 Å². The number of rotatable bonds is 6. The summed E-state index contributed by atoms with van der Waals surface area (Å²) in [5.74, 6) is 2.22. The van der Waals surface area contributed by atoms with Gasteiger partial charge in [0, 0.05) is 13.1 Å². The largest absolute Gasteiger partial charge is 0.490 e. The average Bonchev–Trinajstić information content (AvgIpc) is 2.34. The van der Waals surface area contributed by atoms with E-state index in [1.807, 2.05) is 6.92 Å². The molecule has 18 heavy (non-hydrogen) atoms. The highest BCUT2D eigenvalue weighted by Crippen LogP contribution is 2.40. The number of anilines is 2. The molecule has 1 aromatic heterocycles. The van der Waals surface area contributed by atoms with Crippen molar-refractivity contribution in [1.82, 2.24) is 9.97 Å². The first-order valence-electron chi connectivity index (χ1n) is 6.55. The maximum atomic E-state index is 5.40. The van der Waals surface area contributed by atoms with E-state index in [1.54, 1.807) is 13.4 Å². The molecular formula is C13H22N4O. The SMILES string of the molecule is CCNc1ncnc(NCC2(C)CCC2)c1OC. The average molecular weight is 250 g/mol. The Hall–Kier alpha value is -1.52. The maximum Gasteiger partial charge on any atom is 0.204 e. The maximum absolute atomic E-state index is 5.40. The van der Waals surface area contributed by atoms with E-state index in [-0.39, 0.29) is 0 Å². The molecule has 1 fully saturated rings. The molecular weight excluding hydrogens is 228 g/mol. The minimum atomic E-state index is 0.411. The fourth-order valence-electron chi connectivity index (χ4n) is 2.24. The first-order chi connectivity index (χ1) is 8.68. The molecule has 0 amide bonds. The number of hydrogen-bond donors (Lipinski definition) is 2. The van der Waals surface area contributed by atoms with Crippen LogP contribution in [-0.2, 0) is 0 Å². The third-order valence-corrected chi connectivity index (χ3v) is 3.60. The summed E-state index contributed by atoms with van der Waals surface area (Å²) in [6.07, 6.45) is 5.47. The summed E-state index contributed by atoms with van der Waals surface area (Å²) in [6, 6.07) is 0. The molecule has 0 bridgehead atoms. The van der Waals surface area contributed by atoms with Crippen molar-refractivity contribution in [3.05, 3.63) is 6.33 Å². The fourth-order valence-corrected chi connectivity index (χ4v) is 2.24. The highest BCUT2D eigenvalue weighted by Gasteiger charge is 2.31. The number of methoxy groups -OCH3 is 1. The second-order valence-corrected chi connectivity index (χ2v) is 5.15. The topological polar surface area (TPSA) is 59.1 Å². The monoisotopic (exact) mass is 250 g/mol. The van der Waals surface area contributed by atoms with Gasteiger partial charge >= 0.3 is 0 Å². The molecule has 1 aliphatic carbocycles. The van der Waals surface area contributed by atoms with Crippen molar-refractivity contribution in [2.24, 2.45) is 5.41 Å². The number of nitrogens with one attached hydrogen (secondary N) is 2. The highest BCUT2D eigenvalue weighted by atomic mass is 16.5. The molecule has 0 unspecified atom stereocenters. The smallest absolute Gasteiger partial charge is 0.204 e. The van der Waals surface area contributed by atoms with Crippen LogP contribution in [0.5, 0.6) is 5.75 Å². The van der Waals surface area contributed by atoms with Crippen LogP contribution in [0.4, 0.5) is 11.6 Å². The molecule has 5 heteroatoms. The van der Waals surface area contributed by atoms with E-state index in [2.05, 4.69) is 27.5 Å². The second-order valence-electron chi connectivity index (χ2n) is 5.15. The Balaban J connectivity index is 2.08. The Labute approximate surface area is 108 Å². The van der Waals surface area contributed by atoms with Crippen molar-refractivity contribution < 1.29 is 4.74 Å². The van der Waals surface area contributed by atoms with Gasteiger partial charge in [-0.2, -0.15) is 0 Å². The normalized spacial score (nSPS) is 16.8. The molecule has 0 radical (unpaired) electrons. The molecule has 2 N–H and O–H groups in total. The van der Waals surface area contributed by atoms with Crippen molar-refractivity contribution in [1.29, 1.82) is 0 Å². The molecule has 5 nitrogen and oxygen atoms in total. The summed E-state index contributed by atoms with van der Waals surface area (Å²) in [7, 11) is 1.65. The first kappa shape index (κ1) is 12.9. The molecule has 0 spiro atoms. The van der Waals surface area contributed by atoms with Crippen LogP contribution in [-0.4, -0.2) is 30.2 Å². The summed E-state index contributed by atoms with van der Waals surface area (Å²) in [5.41, 5.74) is 0.411. The molecule has 0 atom stereocenters. The summed E-state index contributed by atoms with van der Waals surface area (Å²) < 4.78 is 5.40. The van der Waals surface area contributed by atoms with Gasteiger partial charge in [0.2, 0.25) is 5.75 Å². The van der Waals surface area contributed by atoms with Crippen molar-refractivity contribution >= 4 is 11.6 Å². The van der Waals surface area contributed by atoms with E-state index in [1.165, 1.54) is 19.3 Å². The molecule has 1 heterocycles. The Bertz CT molecular complexity index is 404. The first-order valence-corrected chi connectivity index (χ1v) is 6.55. The van der Waals surface area contributed by atoms with E-state index in [9.17, 15) is 0 Å². The predicted octanol–water partition coefficient (Wildman–Crippen LogP) is 2.52. The van der Waals surface area contributed by atoms with Crippen LogP contribution in [0.1, 0.15) is 33.1 Å². The van der Waals surface area contributed by atoms with Crippen molar-refractivity contribution in [2.45, 2.75) is 33.1 Å².